The molecule has 0 fully saturated rings. The van der Waals surface area contributed by atoms with Gasteiger partial charge in [0.25, 0.3) is 0 Å². The Kier molecular flexibility index (Phi) is 30.5. The number of rotatable bonds is 35. The first-order chi connectivity index (χ1) is 23.5. The molecular formula is C34H59NO12S. The van der Waals surface area contributed by atoms with Crippen LogP contribution in [0.4, 0.5) is 4.79 Å². The van der Waals surface area contributed by atoms with E-state index in [0.29, 0.717) is 90.8 Å². The molecule has 0 radical (unpaired) electrons. The summed E-state index contributed by atoms with van der Waals surface area (Å²) in [6.45, 7) is 7.37. The Hall–Kier alpha value is -2.17. The highest BCUT2D eigenvalue weighted by Gasteiger charge is 2.05. The maximum Gasteiger partial charge on any atom is 0.412 e. The summed E-state index contributed by atoms with van der Waals surface area (Å²) in [5, 5.41) is 11.1. The standard InChI is InChI=1S/C34H59NO12S/c1-30(9-7-5-3-2-4-6-8-28-48)45-26-24-42-20-21-43-25-27-46-31-10-12-32(13-11-31)47-34(38)35-14-15-39-16-17-40-18-19-41-22-23-44-29-33(36)37/h10-13,30,48H,2-9,14-29H2,1H3,(H,35,38)(H,36,37). The number of carboxylic acid groups (broad SMARTS) is 1. The molecule has 0 aliphatic rings. The zero-order valence-corrected chi connectivity index (χ0v) is 29.6. The fourth-order valence-corrected chi connectivity index (χ4v) is 4.37. The van der Waals surface area contributed by atoms with Crippen LogP contribution in [-0.2, 0) is 38.0 Å². The van der Waals surface area contributed by atoms with Crippen molar-refractivity contribution >= 4 is 24.7 Å². The molecule has 1 atom stereocenters. The summed E-state index contributed by atoms with van der Waals surface area (Å²) in [4.78, 5) is 22.3. The number of thiol groups is 1. The van der Waals surface area contributed by atoms with Gasteiger partial charge in [0.15, 0.2) is 0 Å². The fraction of sp³-hybridized carbons (Fsp3) is 0.765. The van der Waals surface area contributed by atoms with Gasteiger partial charge in [-0.05, 0) is 49.8 Å². The number of carbonyl (C=O) groups excluding carboxylic acids is 1. The number of carboxylic acids is 1. The molecule has 13 nitrogen and oxygen atoms in total. The van der Waals surface area contributed by atoms with E-state index in [1.54, 1.807) is 24.3 Å². The van der Waals surface area contributed by atoms with E-state index in [1.807, 2.05) is 0 Å². The number of benzene rings is 1. The van der Waals surface area contributed by atoms with Gasteiger partial charge < -0.3 is 53.1 Å². The van der Waals surface area contributed by atoms with E-state index in [9.17, 15) is 9.59 Å². The summed E-state index contributed by atoms with van der Waals surface area (Å²) in [7, 11) is 0. The Morgan fingerprint density at radius 3 is 1.71 bits per heavy atom. The van der Waals surface area contributed by atoms with E-state index in [-0.39, 0.29) is 25.9 Å². The first kappa shape index (κ1) is 43.9. The summed E-state index contributed by atoms with van der Waals surface area (Å²) in [5.74, 6) is 1.02. The number of carbonyl (C=O) groups is 2. The molecule has 48 heavy (non-hydrogen) atoms. The minimum Gasteiger partial charge on any atom is -0.491 e. The SMILES string of the molecule is CC(CCCCCCCCCS)OCCOCCOCCOc1ccc(OC(=O)NCCOCCOCCOCCOCC(=O)O)cc1. The highest BCUT2D eigenvalue weighted by atomic mass is 32.1. The van der Waals surface area contributed by atoms with Gasteiger partial charge in [-0.1, -0.05) is 38.5 Å². The summed E-state index contributed by atoms with van der Waals surface area (Å²) in [6.07, 6.45) is 9.76. The van der Waals surface area contributed by atoms with Crippen LogP contribution in [0, 0.1) is 0 Å². The van der Waals surface area contributed by atoms with Gasteiger partial charge in [0.05, 0.1) is 85.4 Å². The van der Waals surface area contributed by atoms with Crippen LogP contribution in [0.2, 0.25) is 0 Å². The van der Waals surface area contributed by atoms with Gasteiger partial charge in [0.2, 0.25) is 0 Å². The van der Waals surface area contributed by atoms with Crippen LogP contribution in [0.3, 0.4) is 0 Å². The minimum atomic E-state index is -1.01. The lowest BCUT2D eigenvalue weighted by Gasteiger charge is -2.13. The summed E-state index contributed by atoms with van der Waals surface area (Å²) >= 11 is 4.25. The Balaban J connectivity index is 1.88. The zero-order valence-electron chi connectivity index (χ0n) is 28.7. The fourth-order valence-electron chi connectivity index (χ4n) is 4.15. The van der Waals surface area contributed by atoms with Gasteiger partial charge in [-0.3, -0.25) is 0 Å². The molecule has 1 amide bonds. The summed E-state index contributed by atoms with van der Waals surface area (Å²) in [5.41, 5.74) is 0. The van der Waals surface area contributed by atoms with E-state index >= 15 is 0 Å². The molecular weight excluding hydrogens is 646 g/mol. The second kappa shape index (κ2) is 33.3. The van der Waals surface area contributed by atoms with Crippen LogP contribution in [0.15, 0.2) is 24.3 Å². The molecule has 0 heterocycles. The lowest BCUT2D eigenvalue weighted by molar-refractivity contribution is -0.142. The van der Waals surface area contributed by atoms with Crippen LogP contribution >= 0.6 is 12.6 Å². The highest BCUT2D eigenvalue weighted by molar-refractivity contribution is 7.80. The smallest absolute Gasteiger partial charge is 0.412 e. The third-order valence-electron chi connectivity index (χ3n) is 6.66. The van der Waals surface area contributed by atoms with Crippen molar-refractivity contribution in [1.29, 1.82) is 0 Å². The van der Waals surface area contributed by atoms with Crippen LogP contribution in [0.5, 0.6) is 11.5 Å². The monoisotopic (exact) mass is 705 g/mol. The normalized spacial score (nSPS) is 11.8. The summed E-state index contributed by atoms with van der Waals surface area (Å²) in [6, 6.07) is 6.75. The Morgan fingerprint density at radius 2 is 1.12 bits per heavy atom. The number of unbranched alkanes of at least 4 members (excludes halogenated alkanes) is 6. The highest BCUT2D eigenvalue weighted by Crippen LogP contribution is 2.17. The van der Waals surface area contributed by atoms with Crippen molar-refractivity contribution in [3.8, 4) is 11.5 Å². The van der Waals surface area contributed by atoms with Crippen molar-refractivity contribution in [2.75, 3.05) is 105 Å². The largest absolute Gasteiger partial charge is 0.491 e. The van der Waals surface area contributed by atoms with Crippen LogP contribution in [-0.4, -0.2) is 128 Å². The number of amides is 1. The van der Waals surface area contributed by atoms with Gasteiger partial charge in [-0.25, -0.2) is 9.59 Å². The Morgan fingerprint density at radius 1 is 0.646 bits per heavy atom. The average Bonchev–Trinajstić information content (AvgIpc) is 3.07. The van der Waals surface area contributed by atoms with E-state index in [1.165, 1.54) is 44.9 Å². The molecule has 0 spiro atoms. The lowest BCUT2D eigenvalue weighted by Crippen LogP contribution is -2.30. The number of hydrogen-bond acceptors (Lipinski definition) is 12. The second-order valence-electron chi connectivity index (χ2n) is 10.8. The molecule has 0 saturated heterocycles. The van der Waals surface area contributed by atoms with Gasteiger partial charge in [-0.15, -0.1) is 0 Å². The molecule has 1 aromatic carbocycles. The molecule has 0 saturated carbocycles. The van der Waals surface area contributed by atoms with E-state index in [4.69, 9.17) is 47.7 Å². The minimum absolute atomic E-state index is 0.215. The summed E-state index contributed by atoms with van der Waals surface area (Å²) < 4.78 is 48.7. The van der Waals surface area contributed by atoms with E-state index in [2.05, 4.69) is 24.9 Å². The lowest BCUT2D eigenvalue weighted by atomic mass is 10.1. The predicted molar refractivity (Wildman–Crippen MR) is 185 cm³/mol. The van der Waals surface area contributed by atoms with E-state index < -0.39 is 12.1 Å². The quantitative estimate of drug-likeness (QED) is 0.0658. The Labute approximate surface area is 291 Å². The first-order valence-corrected chi connectivity index (χ1v) is 17.7. The number of aliphatic carboxylic acids is 1. The van der Waals surface area contributed by atoms with Crippen LogP contribution in [0.1, 0.15) is 58.3 Å². The first-order valence-electron chi connectivity index (χ1n) is 17.1. The van der Waals surface area contributed by atoms with Crippen molar-refractivity contribution in [2.45, 2.75) is 64.4 Å². The van der Waals surface area contributed by atoms with Gasteiger partial charge in [0, 0.05) is 6.54 Å². The third kappa shape index (κ3) is 29.9. The third-order valence-corrected chi connectivity index (χ3v) is 6.98. The number of hydrogen-bond donors (Lipinski definition) is 3. The van der Waals surface area contributed by atoms with Crippen molar-refractivity contribution in [3.05, 3.63) is 24.3 Å². The van der Waals surface area contributed by atoms with Gasteiger partial charge in [-0.2, -0.15) is 12.6 Å². The van der Waals surface area contributed by atoms with Crippen molar-refractivity contribution in [3.63, 3.8) is 0 Å². The average molecular weight is 706 g/mol. The molecule has 278 valence electrons. The van der Waals surface area contributed by atoms with Crippen LogP contribution < -0.4 is 14.8 Å². The zero-order chi connectivity index (χ0) is 34.8. The van der Waals surface area contributed by atoms with Gasteiger partial charge in [0.1, 0.15) is 24.7 Å². The Bertz CT molecular complexity index is 880. The molecule has 0 aliphatic heterocycles. The molecule has 0 bridgehead atoms. The molecule has 1 unspecified atom stereocenters. The topological polar surface area (TPSA) is 149 Å². The molecule has 14 heteroatoms. The predicted octanol–water partition coefficient (Wildman–Crippen LogP) is 4.79. The van der Waals surface area contributed by atoms with Crippen molar-refractivity contribution in [1.82, 2.24) is 5.32 Å². The molecule has 1 aromatic rings. The van der Waals surface area contributed by atoms with Gasteiger partial charge >= 0.3 is 12.1 Å². The number of ether oxygens (including phenoxy) is 9. The molecule has 0 aromatic heterocycles. The molecule has 0 aliphatic carbocycles. The van der Waals surface area contributed by atoms with E-state index in [0.717, 1.165) is 12.2 Å². The second-order valence-corrected chi connectivity index (χ2v) is 11.3. The maximum absolute atomic E-state index is 12.0. The van der Waals surface area contributed by atoms with Crippen molar-refractivity contribution in [2.24, 2.45) is 0 Å². The number of nitrogens with one attached hydrogen (secondary N) is 1. The maximum atomic E-state index is 12.0. The van der Waals surface area contributed by atoms with Crippen LogP contribution in [0.25, 0.3) is 0 Å². The van der Waals surface area contributed by atoms with Crippen molar-refractivity contribution < 1.29 is 57.3 Å². The molecule has 1 rings (SSSR count). The molecule has 2 N–H and O–H groups in total.